The van der Waals surface area contributed by atoms with E-state index in [2.05, 4.69) is 48.4 Å². The van der Waals surface area contributed by atoms with Crippen LogP contribution in [-0.4, -0.2) is 15.7 Å². The third-order valence-electron chi connectivity index (χ3n) is 2.49. The van der Waals surface area contributed by atoms with Gasteiger partial charge in [0.05, 0.1) is 6.54 Å². The standard InChI is InChI=1S/C14H19N3O/c1-14(2,3)15-10-13-16-12(17-18-13)9-11-7-5-4-6-8-11/h4-8,15H,9-10H2,1-3H3. The van der Waals surface area contributed by atoms with Crippen LogP contribution in [0, 0.1) is 0 Å². The highest BCUT2D eigenvalue weighted by Gasteiger charge is 2.12. The molecule has 4 heteroatoms. The monoisotopic (exact) mass is 245 g/mol. The molecule has 1 aromatic carbocycles. The molecule has 2 rings (SSSR count). The lowest BCUT2D eigenvalue weighted by atomic mass is 10.1. The van der Waals surface area contributed by atoms with Crippen LogP contribution in [0.3, 0.4) is 0 Å². The smallest absolute Gasteiger partial charge is 0.240 e. The van der Waals surface area contributed by atoms with E-state index in [4.69, 9.17) is 4.52 Å². The topological polar surface area (TPSA) is 51.0 Å². The van der Waals surface area contributed by atoms with Gasteiger partial charge < -0.3 is 9.84 Å². The fourth-order valence-electron chi connectivity index (χ4n) is 1.55. The number of nitrogens with zero attached hydrogens (tertiary/aromatic N) is 2. The molecule has 0 amide bonds. The van der Waals surface area contributed by atoms with Gasteiger partial charge in [-0.25, -0.2) is 0 Å². The first-order valence-corrected chi connectivity index (χ1v) is 6.13. The Kier molecular flexibility index (Phi) is 3.77. The van der Waals surface area contributed by atoms with Gasteiger partial charge in [-0.05, 0) is 26.3 Å². The van der Waals surface area contributed by atoms with Gasteiger partial charge in [-0.15, -0.1) is 0 Å². The molecular formula is C14H19N3O. The number of aromatic nitrogens is 2. The van der Waals surface area contributed by atoms with E-state index in [-0.39, 0.29) is 5.54 Å². The quantitative estimate of drug-likeness (QED) is 0.899. The molecule has 0 spiro atoms. The van der Waals surface area contributed by atoms with Crippen LogP contribution in [0.5, 0.6) is 0 Å². The summed E-state index contributed by atoms with van der Waals surface area (Å²) in [6, 6.07) is 10.1. The van der Waals surface area contributed by atoms with Gasteiger partial charge in [0.15, 0.2) is 5.82 Å². The zero-order chi connectivity index (χ0) is 13.0. The van der Waals surface area contributed by atoms with Gasteiger partial charge in [-0.3, -0.25) is 0 Å². The molecule has 4 nitrogen and oxygen atoms in total. The fourth-order valence-corrected chi connectivity index (χ4v) is 1.55. The summed E-state index contributed by atoms with van der Waals surface area (Å²) in [4.78, 5) is 4.37. The molecule has 0 bridgehead atoms. The van der Waals surface area contributed by atoms with Crippen LogP contribution in [0.15, 0.2) is 34.9 Å². The number of hydrogen-bond acceptors (Lipinski definition) is 4. The van der Waals surface area contributed by atoms with Crippen LogP contribution in [0.1, 0.15) is 38.0 Å². The van der Waals surface area contributed by atoms with E-state index in [0.717, 1.165) is 5.82 Å². The lowest BCUT2D eigenvalue weighted by Crippen LogP contribution is -2.35. The van der Waals surface area contributed by atoms with Gasteiger partial charge in [-0.2, -0.15) is 4.98 Å². The predicted octanol–water partition coefficient (Wildman–Crippen LogP) is 2.55. The van der Waals surface area contributed by atoms with Crippen LogP contribution in [0.4, 0.5) is 0 Å². The Morgan fingerprint density at radius 1 is 1.17 bits per heavy atom. The Balaban J connectivity index is 1.94. The molecule has 0 unspecified atom stereocenters. The van der Waals surface area contributed by atoms with Crippen molar-refractivity contribution in [2.24, 2.45) is 0 Å². The van der Waals surface area contributed by atoms with E-state index in [0.29, 0.717) is 18.9 Å². The van der Waals surface area contributed by atoms with Crippen LogP contribution in [0.2, 0.25) is 0 Å². The predicted molar refractivity (Wildman–Crippen MR) is 70.1 cm³/mol. The van der Waals surface area contributed by atoms with Gasteiger partial charge >= 0.3 is 0 Å². The Morgan fingerprint density at radius 2 is 1.89 bits per heavy atom. The van der Waals surface area contributed by atoms with Crippen molar-refractivity contribution in [2.75, 3.05) is 0 Å². The Hall–Kier alpha value is -1.68. The van der Waals surface area contributed by atoms with Crippen molar-refractivity contribution in [1.29, 1.82) is 0 Å². The molecule has 1 aromatic heterocycles. The second kappa shape index (κ2) is 5.31. The molecule has 18 heavy (non-hydrogen) atoms. The van der Waals surface area contributed by atoms with Crippen molar-refractivity contribution in [1.82, 2.24) is 15.5 Å². The van der Waals surface area contributed by atoms with Crippen molar-refractivity contribution in [3.8, 4) is 0 Å². The van der Waals surface area contributed by atoms with Crippen molar-refractivity contribution in [3.63, 3.8) is 0 Å². The molecular weight excluding hydrogens is 226 g/mol. The molecule has 0 fully saturated rings. The zero-order valence-electron chi connectivity index (χ0n) is 11.1. The molecule has 0 saturated heterocycles. The minimum absolute atomic E-state index is 0.0497. The van der Waals surface area contributed by atoms with E-state index in [1.807, 2.05) is 18.2 Å². The molecule has 1 N–H and O–H groups in total. The van der Waals surface area contributed by atoms with Crippen LogP contribution >= 0.6 is 0 Å². The van der Waals surface area contributed by atoms with Crippen molar-refractivity contribution in [3.05, 3.63) is 47.6 Å². The minimum atomic E-state index is 0.0497. The van der Waals surface area contributed by atoms with Crippen molar-refractivity contribution < 1.29 is 4.52 Å². The van der Waals surface area contributed by atoms with Gasteiger partial charge in [0, 0.05) is 12.0 Å². The summed E-state index contributed by atoms with van der Waals surface area (Å²) in [6.07, 6.45) is 0.708. The van der Waals surface area contributed by atoms with Gasteiger partial charge in [-0.1, -0.05) is 35.5 Å². The lowest BCUT2D eigenvalue weighted by molar-refractivity contribution is 0.334. The first-order valence-electron chi connectivity index (χ1n) is 6.13. The lowest BCUT2D eigenvalue weighted by Gasteiger charge is -2.18. The maximum Gasteiger partial charge on any atom is 0.240 e. The summed E-state index contributed by atoms with van der Waals surface area (Å²) in [6.45, 7) is 6.92. The summed E-state index contributed by atoms with van der Waals surface area (Å²) >= 11 is 0. The van der Waals surface area contributed by atoms with Gasteiger partial charge in [0.25, 0.3) is 0 Å². The molecule has 96 valence electrons. The van der Waals surface area contributed by atoms with E-state index in [1.54, 1.807) is 0 Å². The molecule has 0 aliphatic carbocycles. The SMILES string of the molecule is CC(C)(C)NCc1nc(Cc2ccccc2)no1. The average Bonchev–Trinajstić information content (AvgIpc) is 2.75. The third kappa shape index (κ3) is 3.96. The highest BCUT2D eigenvalue weighted by atomic mass is 16.5. The fraction of sp³-hybridized carbons (Fsp3) is 0.429. The average molecular weight is 245 g/mol. The summed E-state index contributed by atoms with van der Waals surface area (Å²) in [5, 5.41) is 7.31. The van der Waals surface area contributed by atoms with Crippen LogP contribution in [-0.2, 0) is 13.0 Å². The summed E-state index contributed by atoms with van der Waals surface area (Å²) in [7, 11) is 0. The van der Waals surface area contributed by atoms with Gasteiger partial charge in [0.1, 0.15) is 0 Å². The Morgan fingerprint density at radius 3 is 2.56 bits per heavy atom. The second-order valence-corrected chi connectivity index (χ2v) is 5.37. The molecule has 0 atom stereocenters. The zero-order valence-corrected chi connectivity index (χ0v) is 11.1. The van der Waals surface area contributed by atoms with Crippen LogP contribution in [0.25, 0.3) is 0 Å². The van der Waals surface area contributed by atoms with E-state index < -0.39 is 0 Å². The second-order valence-electron chi connectivity index (χ2n) is 5.37. The molecule has 0 radical (unpaired) electrons. The van der Waals surface area contributed by atoms with Gasteiger partial charge in [0.2, 0.25) is 5.89 Å². The maximum atomic E-state index is 5.21. The Bertz CT molecular complexity index is 485. The highest BCUT2D eigenvalue weighted by molar-refractivity contribution is 5.18. The summed E-state index contributed by atoms with van der Waals surface area (Å²) < 4.78 is 5.21. The number of nitrogens with one attached hydrogen (secondary N) is 1. The van der Waals surface area contributed by atoms with E-state index in [1.165, 1.54) is 5.56 Å². The van der Waals surface area contributed by atoms with Crippen molar-refractivity contribution >= 4 is 0 Å². The first-order chi connectivity index (χ1) is 8.53. The Labute approximate surface area is 107 Å². The molecule has 0 aliphatic heterocycles. The molecule has 1 heterocycles. The number of rotatable bonds is 4. The summed E-state index contributed by atoms with van der Waals surface area (Å²) in [5.74, 6) is 1.36. The van der Waals surface area contributed by atoms with E-state index in [9.17, 15) is 0 Å². The van der Waals surface area contributed by atoms with E-state index >= 15 is 0 Å². The third-order valence-corrected chi connectivity index (χ3v) is 2.49. The van der Waals surface area contributed by atoms with Crippen molar-refractivity contribution in [2.45, 2.75) is 39.3 Å². The minimum Gasteiger partial charge on any atom is -0.338 e. The maximum absolute atomic E-state index is 5.21. The molecule has 0 saturated carbocycles. The van der Waals surface area contributed by atoms with Crippen LogP contribution < -0.4 is 5.32 Å². The first kappa shape index (κ1) is 12.8. The number of benzene rings is 1. The normalized spacial score (nSPS) is 11.7. The number of hydrogen-bond donors (Lipinski definition) is 1. The highest BCUT2D eigenvalue weighted by Crippen LogP contribution is 2.07. The largest absolute Gasteiger partial charge is 0.338 e. The molecule has 0 aliphatic rings. The summed E-state index contributed by atoms with van der Waals surface area (Å²) in [5.41, 5.74) is 1.24. The molecule has 2 aromatic rings.